The third-order valence-corrected chi connectivity index (χ3v) is 10.3. The van der Waals surface area contributed by atoms with Crippen molar-refractivity contribution in [2.45, 2.75) is 72.4 Å². The monoisotopic (exact) mass is 603 g/mol. The number of hydrogen-bond donors (Lipinski definition) is 3. The van der Waals surface area contributed by atoms with Gasteiger partial charge in [-0.3, -0.25) is 19.3 Å². The summed E-state index contributed by atoms with van der Waals surface area (Å²) in [4.78, 5) is 38.5. The zero-order valence-electron chi connectivity index (χ0n) is 26.7. The van der Waals surface area contributed by atoms with Gasteiger partial charge in [-0.05, 0) is 68.0 Å². The molecule has 0 aliphatic heterocycles. The Morgan fingerprint density at radius 1 is 1.12 bits per heavy atom. The van der Waals surface area contributed by atoms with Crippen LogP contribution >= 0.6 is 8.58 Å². The largest absolute Gasteiger partial charge is 0.339 e. The Hall–Kier alpha value is -3.58. The van der Waals surface area contributed by atoms with Crippen molar-refractivity contribution in [3.05, 3.63) is 54.2 Å². The van der Waals surface area contributed by atoms with Crippen LogP contribution in [0.1, 0.15) is 76.4 Å². The number of H-pyrrole nitrogens is 1. The quantitative estimate of drug-likeness (QED) is 0.172. The van der Waals surface area contributed by atoms with Crippen molar-refractivity contribution in [3.63, 3.8) is 0 Å². The minimum absolute atomic E-state index is 0.0122. The fourth-order valence-electron chi connectivity index (χ4n) is 6.14. The number of aryl methyl sites for hydroxylation is 2. The summed E-state index contributed by atoms with van der Waals surface area (Å²) in [5.74, 6) is 0.855. The highest BCUT2D eigenvalue weighted by atomic mass is 31.1. The Labute approximate surface area is 256 Å². The zero-order valence-corrected chi connectivity index (χ0v) is 27.7. The summed E-state index contributed by atoms with van der Waals surface area (Å²) in [6, 6.07) is 5.53. The number of carbonyl (C=O) groups excluding carboxylic acids is 2. The molecule has 0 radical (unpaired) electrons. The molecule has 0 bridgehead atoms. The van der Waals surface area contributed by atoms with E-state index in [1.165, 1.54) is 19.3 Å². The van der Waals surface area contributed by atoms with Gasteiger partial charge in [0.2, 0.25) is 5.91 Å². The normalized spacial score (nSPS) is 20.7. The van der Waals surface area contributed by atoms with Crippen molar-refractivity contribution in [2.75, 3.05) is 17.3 Å². The number of nitrogens with one attached hydrogen (secondary N) is 3. The first kappa shape index (κ1) is 32.3. The fourth-order valence-corrected chi connectivity index (χ4v) is 7.07. The lowest BCUT2D eigenvalue weighted by Crippen LogP contribution is -2.24. The Morgan fingerprint density at radius 3 is 2.53 bits per heavy atom. The van der Waals surface area contributed by atoms with Gasteiger partial charge in [0, 0.05) is 36.3 Å². The number of anilines is 2. The predicted molar refractivity (Wildman–Crippen MR) is 178 cm³/mol. The van der Waals surface area contributed by atoms with Crippen LogP contribution in [-0.4, -0.2) is 48.4 Å². The molecule has 1 aliphatic rings. The van der Waals surface area contributed by atoms with Crippen LogP contribution in [0.3, 0.4) is 0 Å². The Morgan fingerprint density at radius 2 is 1.86 bits per heavy atom. The Kier molecular flexibility index (Phi) is 10.4. The van der Waals surface area contributed by atoms with Gasteiger partial charge in [-0.25, -0.2) is 4.98 Å². The van der Waals surface area contributed by atoms with Crippen molar-refractivity contribution in [1.29, 1.82) is 0 Å². The van der Waals surface area contributed by atoms with E-state index in [1.54, 1.807) is 35.4 Å². The molecule has 43 heavy (non-hydrogen) atoms. The van der Waals surface area contributed by atoms with E-state index in [1.807, 2.05) is 47.0 Å². The Bertz CT molecular complexity index is 1580. The summed E-state index contributed by atoms with van der Waals surface area (Å²) >= 11 is 0. The summed E-state index contributed by atoms with van der Waals surface area (Å²) in [5, 5.41) is 11.4. The number of aromatic amines is 1. The van der Waals surface area contributed by atoms with Gasteiger partial charge in [0.1, 0.15) is 5.65 Å². The van der Waals surface area contributed by atoms with Crippen LogP contribution < -0.4 is 10.6 Å². The van der Waals surface area contributed by atoms with Crippen LogP contribution in [0.15, 0.2) is 43.0 Å². The molecule has 4 aromatic rings. The third kappa shape index (κ3) is 7.50. The standard InChI is InChI=1S/C31H40N7O2P.C2H6/c1-7-20-12-31(4,41-6)13-22(20)8-18(2)29(39)35-25-11-26(19(3)32-16-25)37-30(40)23-9-21-10-27(36-28(21)33-14-23)24-15-34-38(5)17-24;1-2/h9-11,14-18,20,22,41H,7-8,12-13H2,1-6H3,(H,33,36)(H,35,39)(H,37,40);1-2H3. The Balaban J connectivity index is 0.00000207. The average Bonchev–Trinajstić information content (AvgIpc) is 3.71. The maximum Gasteiger partial charge on any atom is 0.257 e. The molecule has 5 atom stereocenters. The number of carbonyl (C=O) groups is 2. The third-order valence-electron chi connectivity index (χ3n) is 8.67. The maximum atomic E-state index is 13.2. The lowest BCUT2D eigenvalue weighted by molar-refractivity contribution is -0.120. The van der Waals surface area contributed by atoms with E-state index in [9.17, 15) is 9.59 Å². The molecule has 230 valence electrons. The molecule has 2 amide bonds. The van der Waals surface area contributed by atoms with E-state index in [-0.39, 0.29) is 17.7 Å². The molecule has 0 spiro atoms. The molecular weight excluding hydrogens is 557 g/mol. The molecule has 5 rings (SSSR count). The molecule has 0 aromatic carbocycles. The highest BCUT2D eigenvalue weighted by molar-refractivity contribution is 7.39. The summed E-state index contributed by atoms with van der Waals surface area (Å²) in [6.07, 6.45) is 11.4. The van der Waals surface area contributed by atoms with Gasteiger partial charge in [-0.15, -0.1) is 8.58 Å². The van der Waals surface area contributed by atoms with Gasteiger partial charge in [0.05, 0.1) is 40.7 Å². The van der Waals surface area contributed by atoms with Gasteiger partial charge in [0.25, 0.3) is 5.91 Å². The number of rotatable bonds is 9. The van der Waals surface area contributed by atoms with Crippen molar-refractivity contribution < 1.29 is 9.59 Å². The number of fused-ring (bicyclic) bond motifs is 1. The van der Waals surface area contributed by atoms with Crippen LogP contribution in [0.2, 0.25) is 0 Å². The van der Waals surface area contributed by atoms with Gasteiger partial charge >= 0.3 is 0 Å². The number of amides is 2. The number of aromatic nitrogens is 5. The van der Waals surface area contributed by atoms with E-state index in [0.29, 0.717) is 45.3 Å². The van der Waals surface area contributed by atoms with Crippen LogP contribution in [0.5, 0.6) is 0 Å². The molecule has 10 heteroatoms. The highest BCUT2D eigenvalue weighted by Gasteiger charge is 2.41. The van der Waals surface area contributed by atoms with Crippen molar-refractivity contribution in [2.24, 2.45) is 24.8 Å². The van der Waals surface area contributed by atoms with Crippen LogP contribution in [0.4, 0.5) is 11.4 Å². The second-order valence-electron chi connectivity index (χ2n) is 11.8. The molecule has 1 fully saturated rings. The summed E-state index contributed by atoms with van der Waals surface area (Å²) in [5.41, 5.74) is 4.73. The second kappa shape index (κ2) is 13.8. The van der Waals surface area contributed by atoms with Gasteiger partial charge in [-0.1, -0.05) is 41.0 Å². The lowest BCUT2D eigenvalue weighted by Gasteiger charge is -2.23. The van der Waals surface area contributed by atoms with Gasteiger partial charge in [0.15, 0.2) is 0 Å². The first-order chi connectivity index (χ1) is 20.6. The van der Waals surface area contributed by atoms with Crippen molar-refractivity contribution in [1.82, 2.24) is 24.7 Å². The van der Waals surface area contributed by atoms with E-state index in [4.69, 9.17) is 0 Å². The molecule has 3 N–H and O–H groups in total. The van der Waals surface area contributed by atoms with Crippen molar-refractivity contribution >= 4 is 42.8 Å². The fraction of sp³-hybridized carbons (Fsp3) is 0.485. The first-order valence-electron chi connectivity index (χ1n) is 15.3. The van der Waals surface area contributed by atoms with E-state index >= 15 is 0 Å². The van der Waals surface area contributed by atoms with Gasteiger partial charge < -0.3 is 15.6 Å². The lowest BCUT2D eigenvalue weighted by atomic mass is 9.85. The minimum atomic E-state index is -0.295. The van der Waals surface area contributed by atoms with E-state index in [0.717, 1.165) is 31.6 Å². The topological polar surface area (TPSA) is 118 Å². The summed E-state index contributed by atoms with van der Waals surface area (Å²) < 4.78 is 1.74. The number of hydrogen-bond acceptors (Lipinski definition) is 5. The summed E-state index contributed by atoms with van der Waals surface area (Å²) in [7, 11) is 2.80. The molecule has 5 unspecified atom stereocenters. The molecule has 9 nitrogen and oxygen atoms in total. The first-order valence-corrected chi connectivity index (χ1v) is 16.8. The second-order valence-corrected chi connectivity index (χ2v) is 13.5. The van der Waals surface area contributed by atoms with E-state index in [2.05, 4.69) is 51.2 Å². The molecule has 1 aliphatic carbocycles. The number of pyridine rings is 2. The van der Waals surface area contributed by atoms with Crippen LogP contribution in [0, 0.1) is 24.7 Å². The summed E-state index contributed by atoms with van der Waals surface area (Å²) in [6.45, 7) is 14.8. The van der Waals surface area contributed by atoms with Crippen LogP contribution in [-0.2, 0) is 11.8 Å². The molecule has 0 saturated heterocycles. The maximum absolute atomic E-state index is 13.2. The molecule has 4 aromatic heterocycles. The number of nitrogens with zero attached hydrogens (tertiary/aromatic N) is 4. The minimum Gasteiger partial charge on any atom is -0.339 e. The predicted octanol–water partition coefficient (Wildman–Crippen LogP) is 7.41. The van der Waals surface area contributed by atoms with Crippen LogP contribution in [0.25, 0.3) is 22.3 Å². The SMILES string of the molecule is CC.CCC1CC(C)(PC)CC1CC(C)C(=O)Nc1cnc(C)c(NC(=O)c2cnc3[nH]c(-c4cnn(C)c4)cc3c2)c1. The smallest absolute Gasteiger partial charge is 0.257 e. The molecular formula is C33H46N7O2P. The highest BCUT2D eigenvalue weighted by Crippen LogP contribution is 2.52. The van der Waals surface area contributed by atoms with Crippen molar-refractivity contribution in [3.8, 4) is 11.3 Å². The molecule has 1 saturated carbocycles. The molecule has 4 heterocycles. The van der Waals surface area contributed by atoms with E-state index < -0.39 is 0 Å². The zero-order chi connectivity index (χ0) is 31.3. The average molecular weight is 604 g/mol. The van der Waals surface area contributed by atoms with Gasteiger partial charge in [-0.2, -0.15) is 5.10 Å².